The predicted molar refractivity (Wildman–Crippen MR) is 43.1 cm³/mol. The van der Waals surface area contributed by atoms with Gasteiger partial charge in [-0.15, -0.1) is 0 Å². The monoisotopic (exact) mass is 179 g/mol. The van der Waals surface area contributed by atoms with Gasteiger partial charge in [-0.25, -0.2) is 8.78 Å². The molecule has 5 heteroatoms. The number of alkyl halides is 2. The molecule has 0 bridgehead atoms. The van der Waals surface area contributed by atoms with E-state index in [0.717, 1.165) is 0 Å². The Labute approximate surface area is 71.3 Å². The lowest BCUT2D eigenvalue weighted by molar-refractivity contribution is -0.0952. The van der Waals surface area contributed by atoms with Crippen LogP contribution in [0.25, 0.3) is 0 Å². The minimum atomic E-state index is -1.50. The summed E-state index contributed by atoms with van der Waals surface area (Å²) in [5, 5.41) is 2.80. The van der Waals surface area contributed by atoms with E-state index in [9.17, 15) is 8.78 Å². The minimum absolute atomic E-state index is 0.398. The van der Waals surface area contributed by atoms with E-state index in [0.29, 0.717) is 19.8 Å². The largest absolute Gasteiger partial charge is 0.307 e. The molecule has 0 aromatic carbocycles. The number of rotatable bonds is 2. The van der Waals surface area contributed by atoms with Crippen molar-refractivity contribution < 1.29 is 8.78 Å². The lowest BCUT2D eigenvalue weighted by Gasteiger charge is -2.37. The Morgan fingerprint density at radius 2 is 2.00 bits per heavy atom. The van der Waals surface area contributed by atoms with E-state index in [2.05, 4.69) is 5.32 Å². The third-order valence-electron chi connectivity index (χ3n) is 2.10. The number of piperazine rings is 1. The second-order valence-corrected chi connectivity index (χ2v) is 3.05. The topological polar surface area (TPSA) is 18.5 Å². The molecule has 3 nitrogen and oxygen atoms in total. The van der Waals surface area contributed by atoms with Crippen LogP contribution in [0.5, 0.6) is 0 Å². The zero-order valence-corrected chi connectivity index (χ0v) is 7.43. The van der Waals surface area contributed by atoms with Gasteiger partial charge in [-0.3, -0.25) is 9.80 Å². The van der Waals surface area contributed by atoms with E-state index < -0.39 is 12.6 Å². The Morgan fingerprint density at radius 3 is 2.58 bits per heavy atom. The molecule has 1 rings (SSSR count). The fraction of sp³-hybridized carbons (Fsp3) is 1.00. The van der Waals surface area contributed by atoms with Crippen LogP contribution in [0.3, 0.4) is 0 Å². The van der Waals surface area contributed by atoms with Gasteiger partial charge in [0.2, 0.25) is 0 Å². The molecule has 0 amide bonds. The van der Waals surface area contributed by atoms with Gasteiger partial charge in [0.1, 0.15) is 0 Å². The molecule has 72 valence electrons. The maximum atomic E-state index is 13.1. The van der Waals surface area contributed by atoms with Crippen molar-refractivity contribution in [1.29, 1.82) is 0 Å². The summed E-state index contributed by atoms with van der Waals surface area (Å²) in [6, 6.07) is 0. The lowest BCUT2D eigenvalue weighted by atomic mass is 10.3. The van der Waals surface area contributed by atoms with E-state index in [1.165, 1.54) is 9.80 Å². The van der Waals surface area contributed by atoms with Gasteiger partial charge in [-0.05, 0) is 14.1 Å². The maximum absolute atomic E-state index is 13.1. The molecule has 1 fully saturated rings. The third-order valence-corrected chi connectivity index (χ3v) is 2.10. The van der Waals surface area contributed by atoms with Crippen molar-refractivity contribution in [3.8, 4) is 0 Å². The SMILES string of the molecule is CNCN1CCN(C)C(F)C1F. The Hall–Kier alpha value is -0.260. The number of nitrogens with one attached hydrogen (secondary N) is 1. The Balaban J connectivity index is 2.46. The fourth-order valence-corrected chi connectivity index (χ4v) is 1.29. The fourth-order valence-electron chi connectivity index (χ4n) is 1.29. The third kappa shape index (κ3) is 1.91. The van der Waals surface area contributed by atoms with E-state index in [4.69, 9.17) is 0 Å². The van der Waals surface area contributed by atoms with Crippen molar-refractivity contribution in [1.82, 2.24) is 15.1 Å². The van der Waals surface area contributed by atoms with Crippen LogP contribution in [-0.2, 0) is 0 Å². The highest BCUT2D eigenvalue weighted by molar-refractivity contribution is 4.76. The van der Waals surface area contributed by atoms with Gasteiger partial charge in [-0.1, -0.05) is 0 Å². The van der Waals surface area contributed by atoms with Gasteiger partial charge in [0.25, 0.3) is 0 Å². The van der Waals surface area contributed by atoms with Crippen LogP contribution < -0.4 is 5.32 Å². The summed E-state index contributed by atoms with van der Waals surface area (Å²) in [4.78, 5) is 2.83. The molecule has 2 unspecified atom stereocenters. The summed E-state index contributed by atoms with van der Waals surface area (Å²) in [7, 11) is 3.31. The normalized spacial score (nSPS) is 34.0. The Bertz CT molecular complexity index is 145. The molecule has 0 saturated carbocycles. The molecule has 0 aliphatic carbocycles. The van der Waals surface area contributed by atoms with Crippen LogP contribution in [-0.4, -0.2) is 56.2 Å². The van der Waals surface area contributed by atoms with Crippen LogP contribution in [0.1, 0.15) is 0 Å². The van der Waals surface area contributed by atoms with Crippen molar-refractivity contribution in [2.45, 2.75) is 12.6 Å². The van der Waals surface area contributed by atoms with Gasteiger partial charge in [0.05, 0.1) is 6.67 Å². The van der Waals surface area contributed by atoms with Crippen LogP contribution in [0, 0.1) is 0 Å². The van der Waals surface area contributed by atoms with Crippen molar-refractivity contribution in [3.63, 3.8) is 0 Å². The first kappa shape index (κ1) is 9.83. The minimum Gasteiger partial charge on any atom is -0.307 e. The second-order valence-electron chi connectivity index (χ2n) is 3.05. The summed E-state index contributed by atoms with van der Waals surface area (Å²) < 4.78 is 26.2. The van der Waals surface area contributed by atoms with Crippen LogP contribution in [0.4, 0.5) is 8.78 Å². The molecule has 0 aromatic heterocycles. The predicted octanol–water partition coefficient (Wildman–Crippen LogP) is 0.00190. The number of nitrogens with zero attached hydrogens (tertiary/aromatic N) is 2. The summed E-state index contributed by atoms with van der Waals surface area (Å²) in [5.74, 6) is 0. The molecule has 12 heavy (non-hydrogen) atoms. The molecule has 0 radical (unpaired) electrons. The van der Waals surface area contributed by atoms with Gasteiger partial charge in [0.15, 0.2) is 12.6 Å². The summed E-state index contributed by atoms with van der Waals surface area (Å²) in [5.41, 5.74) is 0. The molecule has 2 atom stereocenters. The van der Waals surface area contributed by atoms with Crippen molar-refractivity contribution in [3.05, 3.63) is 0 Å². The van der Waals surface area contributed by atoms with E-state index in [1.54, 1.807) is 14.1 Å². The van der Waals surface area contributed by atoms with Gasteiger partial charge in [-0.2, -0.15) is 0 Å². The smallest absolute Gasteiger partial charge is 0.199 e. The maximum Gasteiger partial charge on any atom is 0.199 e. The number of hydrogen-bond acceptors (Lipinski definition) is 3. The van der Waals surface area contributed by atoms with Crippen molar-refractivity contribution in [2.75, 3.05) is 33.9 Å². The highest BCUT2D eigenvalue weighted by Gasteiger charge is 2.34. The number of likely N-dealkylation sites (N-methyl/N-ethyl adjacent to an activating group) is 1. The van der Waals surface area contributed by atoms with E-state index in [-0.39, 0.29) is 0 Å². The Kier molecular flexibility index (Phi) is 3.37. The molecule has 1 N–H and O–H groups in total. The average Bonchev–Trinajstić information content (AvgIpc) is 2.07. The second kappa shape index (κ2) is 4.11. The molecule has 1 heterocycles. The van der Waals surface area contributed by atoms with Crippen LogP contribution >= 0.6 is 0 Å². The summed E-state index contributed by atoms with van der Waals surface area (Å²) in [6.45, 7) is 1.54. The highest BCUT2D eigenvalue weighted by atomic mass is 19.2. The number of halogens is 2. The average molecular weight is 179 g/mol. The first-order chi connectivity index (χ1) is 5.66. The quantitative estimate of drug-likeness (QED) is 0.602. The molecule has 1 saturated heterocycles. The van der Waals surface area contributed by atoms with Gasteiger partial charge in [0, 0.05) is 13.1 Å². The highest BCUT2D eigenvalue weighted by Crippen LogP contribution is 2.16. The Morgan fingerprint density at radius 1 is 1.33 bits per heavy atom. The molecule has 0 spiro atoms. The van der Waals surface area contributed by atoms with E-state index >= 15 is 0 Å². The molecule has 0 aromatic rings. The molecule has 1 aliphatic rings. The molecule has 1 aliphatic heterocycles. The zero-order chi connectivity index (χ0) is 9.14. The summed E-state index contributed by atoms with van der Waals surface area (Å²) >= 11 is 0. The van der Waals surface area contributed by atoms with Crippen molar-refractivity contribution in [2.24, 2.45) is 0 Å². The van der Waals surface area contributed by atoms with Crippen LogP contribution in [0.2, 0.25) is 0 Å². The standard InChI is InChI=1S/C7H15F2N3/c1-10-5-12-4-3-11(2)6(8)7(12)9/h6-7,10H,3-5H2,1-2H3. The van der Waals surface area contributed by atoms with Gasteiger partial charge >= 0.3 is 0 Å². The first-order valence-corrected chi connectivity index (χ1v) is 4.04. The lowest BCUT2D eigenvalue weighted by Crippen LogP contribution is -2.56. The van der Waals surface area contributed by atoms with Crippen molar-refractivity contribution >= 4 is 0 Å². The molecular weight excluding hydrogens is 164 g/mol. The first-order valence-electron chi connectivity index (χ1n) is 4.04. The zero-order valence-electron chi connectivity index (χ0n) is 7.43. The number of hydrogen-bond donors (Lipinski definition) is 1. The van der Waals surface area contributed by atoms with Gasteiger partial charge < -0.3 is 5.32 Å². The molecular formula is C7H15F2N3. The summed E-state index contributed by atoms with van der Waals surface area (Å²) in [6.07, 6.45) is -3.00. The van der Waals surface area contributed by atoms with E-state index in [1.807, 2.05) is 0 Å². The van der Waals surface area contributed by atoms with Crippen LogP contribution in [0.15, 0.2) is 0 Å².